The molecular weight excluding hydrogens is 206 g/mol. The Hall–Kier alpha value is -1.55. The van der Waals surface area contributed by atoms with Crippen molar-refractivity contribution in [3.63, 3.8) is 0 Å². The Morgan fingerprint density at radius 2 is 2.25 bits per heavy atom. The van der Waals surface area contributed by atoms with Gasteiger partial charge in [0.1, 0.15) is 5.75 Å². The Morgan fingerprint density at radius 3 is 2.88 bits per heavy atom. The summed E-state index contributed by atoms with van der Waals surface area (Å²) in [4.78, 5) is 13.2. The van der Waals surface area contributed by atoms with Crippen LogP contribution in [-0.2, 0) is 9.53 Å². The minimum atomic E-state index is -0.0287. The number of hydrogen-bond donors (Lipinski definition) is 1. The molecule has 0 atom stereocenters. The van der Waals surface area contributed by atoms with Crippen molar-refractivity contribution in [3.8, 4) is 5.75 Å². The first kappa shape index (κ1) is 12.5. The summed E-state index contributed by atoms with van der Waals surface area (Å²) >= 11 is 0. The maximum absolute atomic E-state index is 11.7. The van der Waals surface area contributed by atoms with E-state index >= 15 is 0 Å². The second kappa shape index (κ2) is 6.12. The minimum Gasteiger partial charge on any atom is -0.508 e. The van der Waals surface area contributed by atoms with Crippen molar-refractivity contribution >= 4 is 11.6 Å². The number of carbonyl (C=O) groups excluding carboxylic acids is 1. The van der Waals surface area contributed by atoms with E-state index in [1.807, 2.05) is 6.92 Å². The van der Waals surface area contributed by atoms with Gasteiger partial charge in [0, 0.05) is 25.4 Å². The molecule has 0 aliphatic heterocycles. The minimum absolute atomic E-state index is 0.0287. The number of carbonyl (C=O) groups is 1. The third-order valence-corrected chi connectivity index (χ3v) is 2.26. The van der Waals surface area contributed by atoms with E-state index in [9.17, 15) is 9.90 Å². The Kier molecular flexibility index (Phi) is 4.79. The zero-order valence-corrected chi connectivity index (χ0v) is 9.64. The number of rotatable bonds is 5. The molecular formula is C12H17NO3. The highest BCUT2D eigenvalue weighted by Gasteiger charge is 2.10. The normalized spacial score (nSPS) is 10.1. The number of amides is 1. The lowest BCUT2D eigenvalue weighted by Gasteiger charge is -2.17. The highest BCUT2D eigenvalue weighted by Crippen LogP contribution is 2.19. The van der Waals surface area contributed by atoms with Crippen LogP contribution < -0.4 is 4.90 Å². The van der Waals surface area contributed by atoms with E-state index in [1.165, 1.54) is 4.90 Å². The molecule has 1 N–H and O–H groups in total. The molecule has 16 heavy (non-hydrogen) atoms. The predicted molar refractivity (Wildman–Crippen MR) is 62.6 cm³/mol. The van der Waals surface area contributed by atoms with Gasteiger partial charge in [-0.15, -0.1) is 0 Å². The molecule has 0 radical (unpaired) electrons. The summed E-state index contributed by atoms with van der Waals surface area (Å²) in [7, 11) is 1.68. The quantitative estimate of drug-likeness (QED) is 0.774. The Balaban J connectivity index is 2.56. The molecule has 0 saturated carbocycles. The number of hydrogen-bond acceptors (Lipinski definition) is 3. The third-order valence-electron chi connectivity index (χ3n) is 2.26. The average molecular weight is 223 g/mol. The largest absolute Gasteiger partial charge is 0.508 e. The van der Waals surface area contributed by atoms with Gasteiger partial charge in [-0.3, -0.25) is 4.79 Å². The number of nitrogens with zero attached hydrogens (tertiary/aromatic N) is 1. The SMILES string of the molecule is CCOCCC(=O)N(C)c1cccc(O)c1. The van der Waals surface area contributed by atoms with Crippen LogP contribution in [-0.4, -0.2) is 31.3 Å². The lowest BCUT2D eigenvalue weighted by Crippen LogP contribution is -2.27. The molecule has 0 saturated heterocycles. The Morgan fingerprint density at radius 1 is 1.50 bits per heavy atom. The molecule has 0 unspecified atom stereocenters. The monoisotopic (exact) mass is 223 g/mol. The van der Waals surface area contributed by atoms with Gasteiger partial charge in [-0.1, -0.05) is 6.07 Å². The summed E-state index contributed by atoms with van der Waals surface area (Å²) in [6, 6.07) is 6.61. The van der Waals surface area contributed by atoms with Crippen molar-refractivity contribution in [1.29, 1.82) is 0 Å². The maximum Gasteiger partial charge on any atom is 0.229 e. The van der Waals surface area contributed by atoms with Crippen LogP contribution in [0.5, 0.6) is 5.75 Å². The summed E-state index contributed by atoms with van der Waals surface area (Å²) < 4.78 is 5.12. The molecule has 0 heterocycles. The number of ether oxygens (including phenoxy) is 1. The van der Waals surface area contributed by atoms with Gasteiger partial charge >= 0.3 is 0 Å². The summed E-state index contributed by atoms with van der Waals surface area (Å²) in [6.45, 7) is 2.94. The Bertz CT molecular complexity index is 352. The number of phenols is 1. The van der Waals surface area contributed by atoms with Crippen LogP contribution in [0.4, 0.5) is 5.69 Å². The fourth-order valence-corrected chi connectivity index (χ4v) is 1.32. The second-order valence-corrected chi connectivity index (χ2v) is 3.42. The molecule has 1 amide bonds. The van der Waals surface area contributed by atoms with E-state index < -0.39 is 0 Å². The van der Waals surface area contributed by atoms with Gasteiger partial charge in [0.25, 0.3) is 0 Å². The number of aromatic hydroxyl groups is 1. The molecule has 4 nitrogen and oxygen atoms in total. The highest BCUT2D eigenvalue weighted by molar-refractivity contribution is 5.92. The van der Waals surface area contributed by atoms with E-state index in [1.54, 1.807) is 31.3 Å². The molecule has 0 fully saturated rings. The van der Waals surface area contributed by atoms with Crippen molar-refractivity contribution in [3.05, 3.63) is 24.3 Å². The van der Waals surface area contributed by atoms with Crippen molar-refractivity contribution < 1.29 is 14.6 Å². The maximum atomic E-state index is 11.7. The summed E-state index contributed by atoms with van der Waals surface area (Å²) in [5, 5.41) is 9.30. The lowest BCUT2D eigenvalue weighted by molar-refractivity contribution is -0.119. The highest BCUT2D eigenvalue weighted by atomic mass is 16.5. The predicted octanol–water partition coefficient (Wildman–Crippen LogP) is 1.78. The first-order chi connectivity index (χ1) is 7.65. The van der Waals surface area contributed by atoms with Gasteiger partial charge in [0.15, 0.2) is 0 Å². The van der Waals surface area contributed by atoms with Crippen LogP contribution in [0.15, 0.2) is 24.3 Å². The zero-order valence-electron chi connectivity index (χ0n) is 9.64. The molecule has 0 bridgehead atoms. The number of anilines is 1. The molecule has 4 heteroatoms. The second-order valence-electron chi connectivity index (χ2n) is 3.42. The fourth-order valence-electron chi connectivity index (χ4n) is 1.32. The third kappa shape index (κ3) is 3.55. The van der Waals surface area contributed by atoms with Gasteiger partial charge in [0.2, 0.25) is 5.91 Å². The fraction of sp³-hybridized carbons (Fsp3) is 0.417. The summed E-state index contributed by atoms with van der Waals surface area (Å²) in [6.07, 6.45) is 0.347. The van der Waals surface area contributed by atoms with Gasteiger partial charge in [-0.05, 0) is 19.1 Å². The first-order valence-electron chi connectivity index (χ1n) is 5.28. The summed E-state index contributed by atoms with van der Waals surface area (Å²) in [5.41, 5.74) is 0.682. The molecule has 88 valence electrons. The van der Waals surface area contributed by atoms with Crippen LogP contribution in [0.2, 0.25) is 0 Å². The van der Waals surface area contributed by atoms with Crippen LogP contribution in [0.3, 0.4) is 0 Å². The van der Waals surface area contributed by atoms with Crippen LogP contribution in [0.25, 0.3) is 0 Å². The smallest absolute Gasteiger partial charge is 0.229 e. The molecule has 0 aromatic heterocycles. The lowest BCUT2D eigenvalue weighted by atomic mass is 10.2. The van der Waals surface area contributed by atoms with Gasteiger partial charge in [-0.25, -0.2) is 0 Å². The van der Waals surface area contributed by atoms with Gasteiger partial charge in [-0.2, -0.15) is 0 Å². The molecule has 1 aromatic rings. The number of benzene rings is 1. The molecule has 0 aliphatic rings. The molecule has 0 aliphatic carbocycles. The average Bonchev–Trinajstić information content (AvgIpc) is 2.28. The van der Waals surface area contributed by atoms with Gasteiger partial charge in [0.05, 0.1) is 13.0 Å². The Labute approximate surface area is 95.5 Å². The number of phenolic OH excluding ortho intramolecular Hbond substituents is 1. The van der Waals surface area contributed by atoms with E-state index in [-0.39, 0.29) is 11.7 Å². The molecule has 1 aromatic carbocycles. The standard InChI is InChI=1S/C12H17NO3/c1-3-16-8-7-12(15)13(2)10-5-4-6-11(14)9-10/h4-6,9,14H,3,7-8H2,1-2H3. The van der Waals surface area contributed by atoms with Crippen LogP contribution in [0, 0.1) is 0 Å². The van der Waals surface area contributed by atoms with Crippen molar-refractivity contribution in [1.82, 2.24) is 0 Å². The van der Waals surface area contributed by atoms with Crippen molar-refractivity contribution in [2.75, 3.05) is 25.2 Å². The van der Waals surface area contributed by atoms with E-state index in [4.69, 9.17) is 4.74 Å². The van der Waals surface area contributed by atoms with Crippen molar-refractivity contribution in [2.45, 2.75) is 13.3 Å². The molecule has 1 rings (SSSR count). The molecule has 0 spiro atoms. The van der Waals surface area contributed by atoms with E-state index in [0.29, 0.717) is 25.3 Å². The first-order valence-corrected chi connectivity index (χ1v) is 5.28. The van der Waals surface area contributed by atoms with Crippen LogP contribution in [0.1, 0.15) is 13.3 Å². The van der Waals surface area contributed by atoms with Crippen LogP contribution >= 0.6 is 0 Å². The van der Waals surface area contributed by atoms with Gasteiger partial charge < -0.3 is 14.7 Å². The van der Waals surface area contributed by atoms with E-state index in [0.717, 1.165) is 0 Å². The zero-order chi connectivity index (χ0) is 12.0. The van der Waals surface area contributed by atoms with E-state index in [2.05, 4.69) is 0 Å². The topological polar surface area (TPSA) is 49.8 Å². The summed E-state index contributed by atoms with van der Waals surface area (Å²) in [5.74, 6) is 0.126. The van der Waals surface area contributed by atoms with Crippen molar-refractivity contribution in [2.24, 2.45) is 0 Å².